The summed E-state index contributed by atoms with van der Waals surface area (Å²) in [5.41, 5.74) is 2.54. The van der Waals surface area contributed by atoms with E-state index in [4.69, 9.17) is 4.74 Å². The highest BCUT2D eigenvalue weighted by Crippen LogP contribution is 2.27. The molecule has 1 atom stereocenters. The summed E-state index contributed by atoms with van der Waals surface area (Å²) in [5, 5.41) is 3.73. The lowest BCUT2D eigenvalue weighted by Gasteiger charge is -2.32. The van der Waals surface area contributed by atoms with Crippen LogP contribution in [0.1, 0.15) is 27.8 Å². The van der Waals surface area contributed by atoms with E-state index in [1.807, 2.05) is 19.1 Å². The summed E-state index contributed by atoms with van der Waals surface area (Å²) in [6, 6.07) is 12.7. The summed E-state index contributed by atoms with van der Waals surface area (Å²) >= 11 is 0. The fourth-order valence-corrected chi connectivity index (χ4v) is 3.96. The highest BCUT2D eigenvalue weighted by Gasteiger charge is 2.29. The number of halogens is 2. The Morgan fingerprint density at radius 3 is 2.82 bits per heavy atom. The number of H-pyrrole nitrogens is 1. The standard InChI is InChI=1S/C24H21F2N5O2/c1-14-17-11-15(25)5-7-18(17)29-23(14)24(32)31-9-10-33-20(13-31)19-3-2-4-22(28-19)30-21-8-6-16(26)12-27-21/h2-8,11-12,20,29H,9-10,13H2,1H3,(H,27,28,30). The number of fused-ring (bicyclic) bond motifs is 1. The van der Waals surface area contributed by atoms with Gasteiger partial charge in [0.2, 0.25) is 0 Å². The number of pyridine rings is 2. The molecule has 2 N–H and O–H groups in total. The summed E-state index contributed by atoms with van der Waals surface area (Å²) < 4.78 is 32.6. The van der Waals surface area contributed by atoms with Gasteiger partial charge >= 0.3 is 0 Å². The Morgan fingerprint density at radius 2 is 2.00 bits per heavy atom. The zero-order valence-electron chi connectivity index (χ0n) is 17.8. The number of aromatic amines is 1. The average Bonchev–Trinajstić information content (AvgIpc) is 3.16. The summed E-state index contributed by atoms with van der Waals surface area (Å²) in [4.78, 5) is 26.7. The molecule has 1 aliphatic heterocycles. The normalized spacial score (nSPS) is 16.2. The molecule has 1 aromatic carbocycles. The number of ether oxygens (including phenoxy) is 1. The van der Waals surface area contributed by atoms with Crippen LogP contribution in [0.4, 0.5) is 20.4 Å². The first kappa shape index (κ1) is 21.0. The van der Waals surface area contributed by atoms with E-state index in [-0.39, 0.29) is 11.7 Å². The van der Waals surface area contributed by atoms with Crippen LogP contribution in [0, 0.1) is 18.6 Å². The number of rotatable bonds is 4. The first-order chi connectivity index (χ1) is 16.0. The minimum Gasteiger partial charge on any atom is -0.368 e. The van der Waals surface area contributed by atoms with Gasteiger partial charge in [0.1, 0.15) is 35.1 Å². The lowest BCUT2D eigenvalue weighted by atomic mass is 10.1. The van der Waals surface area contributed by atoms with Crippen LogP contribution in [0.2, 0.25) is 0 Å². The van der Waals surface area contributed by atoms with E-state index in [2.05, 4.69) is 20.3 Å². The zero-order valence-corrected chi connectivity index (χ0v) is 17.8. The van der Waals surface area contributed by atoms with Gasteiger partial charge in [-0.2, -0.15) is 0 Å². The third kappa shape index (κ3) is 4.27. The molecule has 168 valence electrons. The van der Waals surface area contributed by atoms with Gasteiger partial charge in [0, 0.05) is 17.4 Å². The first-order valence-electron chi connectivity index (χ1n) is 10.5. The van der Waals surface area contributed by atoms with Crippen LogP contribution in [-0.4, -0.2) is 45.5 Å². The maximum absolute atomic E-state index is 13.7. The molecular weight excluding hydrogens is 428 g/mol. The van der Waals surface area contributed by atoms with Crippen LogP contribution < -0.4 is 5.32 Å². The van der Waals surface area contributed by atoms with Crippen LogP contribution in [0.15, 0.2) is 54.7 Å². The van der Waals surface area contributed by atoms with Crippen LogP contribution in [0.25, 0.3) is 10.9 Å². The smallest absolute Gasteiger partial charge is 0.270 e. The first-order valence-corrected chi connectivity index (χ1v) is 10.5. The maximum atomic E-state index is 13.7. The van der Waals surface area contributed by atoms with Gasteiger partial charge in [0.05, 0.1) is 25.0 Å². The van der Waals surface area contributed by atoms with E-state index >= 15 is 0 Å². The summed E-state index contributed by atoms with van der Waals surface area (Å²) in [7, 11) is 0. The number of aryl methyl sites for hydroxylation is 1. The quantitative estimate of drug-likeness (QED) is 0.479. The van der Waals surface area contributed by atoms with E-state index in [0.717, 1.165) is 11.7 Å². The van der Waals surface area contributed by atoms with Gasteiger partial charge in [-0.3, -0.25) is 4.79 Å². The molecule has 1 saturated heterocycles. The SMILES string of the molecule is Cc1c(C(=O)N2CCOC(c3cccc(Nc4ccc(F)cn4)n3)C2)[nH]c2ccc(F)cc12. The summed E-state index contributed by atoms with van der Waals surface area (Å²) in [6.45, 7) is 2.94. The van der Waals surface area contributed by atoms with Gasteiger partial charge in [-0.25, -0.2) is 18.7 Å². The predicted octanol–water partition coefficient (Wildman–Crippen LogP) is 4.50. The van der Waals surface area contributed by atoms with Crippen molar-refractivity contribution in [2.75, 3.05) is 25.0 Å². The number of anilines is 2. The number of morpholine rings is 1. The largest absolute Gasteiger partial charge is 0.368 e. The highest BCUT2D eigenvalue weighted by molar-refractivity contribution is 6.01. The van der Waals surface area contributed by atoms with Gasteiger partial charge in [0.15, 0.2) is 0 Å². The van der Waals surface area contributed by atoms with E-state index in [9.17, 15) is 13.6 Å². The third-order valence-electron chi connectivity index (χ3n) is 5.67. The van der Waals surface area contributed by atoms with Gasteiger partial charge in [-0.1, -0.05) is 6.07 Å². The number of hydrogen-bond acceptors (Lipinski definition) is 5. The number of nitrogens with zero attached hydrogens (tertiary/aromatic N) is 3. The van der Waals surface area contributed by atoms with E-state index < -0.39 is 11.9 Å². The molecule has 3 aromatic heterocycles. The second-order valence-corrected chi connectivity index (χ2v) is 7.86. The molecule has 1 amide bonds. The second-order valence-electron chi connectivity index (χ2n) is 7.86. The molecule has 9 heteroatoms. The van der Waals surface area contributed by atoms with Crippen molar-refractivity contribution in [1.29, 1.82) is 0 Å². The highest BCUT2D eigenvalue weighted by atomic mass is 19.1. The minimum absolute atomic E-state index is 0.165. The van der Waals surface area contributed by atoms with Crippen LogP contribution in [0.5, 0.6) is 0 Å². The fourth-order valence-electron chi connectivity index (χ4n) is 3.96. The van der Waals surface area contributed by atoms with Crippen molar-refractivity contribution in [2.24, 2.45) is 0 Å². The van der Waals surface area contributed by atoms with E-state index in [0.29, 0.717) is 53.7 Å². The average molecular weight is 449 g/mol. The number of amides is 1. The Bertz CT molecular complexity index is 1320. The number of benzene rings is 1. The van der Waals surface area contributed by atoms with Crippen molar-refractivity contribution in [3.8, 4) is 0 Å². The molecule has 0 bridgehead atoms. The van der Waals surface area contributed by atoms with Crippen LogP contribution >= 0.6 is 0 Å². The van der Waals surface area contributed by atoms with Crippen molar-refractivity contribution in [1.82, 2.24) is 19.9 Å². The molecule has 4 aromatic rings. The van der Waals surface area contributed by atoms with Crippen LogP contribution in [-0.2, 0) is 4.74 Å². The molecule has 0 saturated carbocycles. The molecule has 0 radical (unpaired) electrons. The van der Waals surface area contributed by atoms with Gasteiger partial charge in [-0.05, 0) is 55.0 Å². The van der Waals surface area contributed by atoms with E-state index in [1.54, 1.807) is 17.0 Å². The molecule has 0 spiro atoms. The van der Waals surface area contributed by atoms with Crippen molar-refractivity contribution >= 4 is 28.4 Å². The van der Waals surface area contributed by atoms with Gasteiger partial charge in [-0.15, -0.1) is 0 Å². The number of nitrogens with one attached hydrogen (secondary N) is 2. The lowest BCUT2D eigenvalue weighted by Crippen LogP contribution is -2.42. The molecule has 33 heavy (non-hydrogen) atoms. The van der Waals surface area contributed by atoms with Crippen molar-refractivity contribution in [3.05, 3.63) is 83.3 Å². The maximum Gasteiger partial charge on any atom is 0.270 e. The van der Waals surface area contributed by atoms with Gasteiger partial charge < -0.3 is 19.9 Å². The zero-order chi connectivity index (χ0) is 22.9. The van der Waals surface area contributed by atoms with Crippen molar-refractivity contribution < 1.29 is 18.3 Å². The molecule has 5 rings (SSSR count). The molecule has 4 heterocycles. The molecule has 1 fully saturated rings. The fraction of sp³-hybridized carbons (Fsp3) is 0.208. The Kier molecular flexibility index (Phi) is 5.47. The Balaban J connectivity index is 1.34. The molecule has 7 nitrogen and oxygen atoms in total. The lowest BCUT2D eigenvalue weighted by molar-refractivity contribution is -0.0248. The predicted molar refractivity (Wildman–Crippen MR) is 119 cm³/mol. The van der Waals surface area contributed by atoms with Crippen molar-refractivity contribution in [2.45, 2.75) is 13.0 Å². The Morgan fingerprint density at radius 1 is 1.15 bits per heavy atom. The summed E-state index contributed by atoms with van der Waals surface area (Å²) in [6.07, 6.45) is 0.716. The monoisotopic (exact) mass is 449 g/mol. The van der Waals surface area contributed by atoms with Gasteiger partial charge in [0.25, 0.3) is 5.91 Å². The topological polar surface area (TPSA) is 83.1 Å². The Hall–Kier alpha value is -3.85. The number of aromatic nitrogens is 3. The number of hydrogen-bond donors (Lipinski definition) is 2. The number of carbonyl (C=O) groups is 1. The summed E-state index contributed by atoms with van der Waals surface area (Å²) in [5.74, 6) is 0.0749. The molecular formula is C24H21F2N5O2. The second kappa shape index (κ2) is 8.59. The Labute approximate surface area is 188 Å². The van der Waals surface area contributed by atoms with Crippen molar-refractivity contribution in [3.63, 3.8) is 0 Å². The number of carbonyl (C=O) groups excluding carboxylic acids is 1. The molecule has 1 unspecified atom stereocenters. The van der Waals surface area contributed by atoms with E-state index in [1.165, 1.54) is 24.3 Å². The third-order valence-corrected chi connectivity index (χ3v) is 5.67. The molecule has 1 aliphatic rings. The van der Waals surface area contributed by atoms with Crippen LogP contribution in [0.3, 0.4) is 0 Å². The minimum atomic E-state index is -0.419. The molecule has 0 aliphatic carbocycles.